The molecule has 0 aliphatic carbocycles. The number of amides is 2. The molecule has 0 saturated carbocycles. The van der Waals surface area contributed by atoms with E-state index in [1.807, 2.05) is 0 Å². The van der Waals surface area contributed by atoms with Gasteiger partial charge in [0, 0.05) is 26.1 Å². The van der Waals surface area contributed by atoms with Crippen LogP contribution in [0.3, 0.4) is 0 Å². The lowest BCUT2D eigenvalue weighted by Gasteiger charge is -2.21. The van der Waals surface area contributed by atoms with Crippen molar-refractivity contribution in [1.82, 2.24) is 10.2 Å². The molecule has 0 rings (SSSR count). The molecule has 15 heavy (non-hydrogen) atoms. The van der Waals surface area contributed by atoms with Crippen LogP contribution in [0.4, 0.5) is 0 Å². The van der Waals surface area contributed by atoms with Crippen molar-refractivity contribution < 1.29 is 9.59 Å². The minimum Gasteiger partial charge on any atom is -0.347 e. The number of nitrogens with zero attached hydrogens (tertiary/aromatic N) is 1. The molecule has 0 bridgehead atoms. The molecule has 0 aromatic heterocycles. The number of likely N-dealkylation sites (N-methyl/N-ethyl adjacent to an activating group) is 1. The van der Waals surface area contributed by atoms with Crippen LogP contribution in [0.1, 0.15) is 20.8 Å². The Hall–Kier alpha value is -1.10. The van der Waals surface area contributed by atoms with Crippen molar-refractivity contribution in [3.63, 3.8) is 0 Å². The maximum atomic E-state index is 11.6. The van der Waals surface area contributed by atoms with Gasteiger partial charge < -0.3 is 16.0 Å². The number of carbonyl (C=O) groups is 2. The van der Waals surface area contributed by atoms with Crippen molar-refractivity contribution >= 4 is 11.8 Å². The van der Waals surface area contributed by atoms with E-state index in [4.69, 9.17) is 5.73 Å². The monoisotopic (exact) mass is 215 g/mol. The van der Waals surface area contributed by atoms with Crippen LogP contribution in [0.2, 0.25) is 0 Å². The Morgan fingerprint density at radius 3 is 2.00 bits per heavy atom. The molecule has 0 aliphatic heterocycles. The van der Waals surface area contributed by atoms with Gasteiger partial charge in [0.2, 0.25) is 11.8 Å². The summed E-state index contributed by atoms with van der Waals surface area (Å²) in [6.07, 6.45) is 0. The first-order valence-electron chi connectivity index (χ1n) is 5.04. The van der Waals surface area contributed by atoms with Crippen LogP contribution in [0.5, 0.6) is 0 Å². The van der Waals surface area contributed by atoms with E-state index in [1.54, 1.807) is 34.9 Å². The Morgan fingerprint density at radius 1 is 1.20 bits per heavy atom. The molecule has 3 unspecified atom stereocenters. The first-order valence-corrected chi connectivity index (χ1v) is 5.04. The minimum atomic E-state index is -0.506. The number of rotatable bonds is 4. The summed E-state index contributed by atoms with van der Waals surface area (Å²) in [5.74, 6) is -0.602. The van der Waals surface area contributed by atoms with Gasteiger partial charge in [0.15, 0.2) is 0 Å². The first-order chi connectivity index (χ1) is 6.77. The molecule has 5 heteroatoms. The molecule has 0 saturated heterocycles. The van der Waals surface area contributed by atoms with Gasteiger partial charge in [-0.1, -0.05) is 6.92 Å². The zero-order valence-corrected chi connectivity index (χ0v) is 10.1. The molecule has 0 radical (unpaired) electrons. The molecule has 5 nitrogen and oxygen atoms in total. The lowest BCUT2D eigenvalue weighted by atomic mass is 10.0. The summed E-state index contributed by atoms with van der Waals surface area (Å²) in [6, 6.07) is -0.722. The smallest absolute Gasteiger partial charge is 0.244 e. The van der Waals surface area contributed by atoms with Crippen LogP contribution in [0.15, 0.2) is 0 Å². The van der Waals surface area contributed by atoms with Crippen molar-refractivity contribution in [2.24, 2.45) is 11.7 Å². The number of nitrogens with two attached hydrogens (primary N) is 1. The lowest BCUT2D eigenvalue weighted by molar-refractivity contribution is -0.135. The number of hydrogen-bond acceptors (Lipinski definition) is 3. The third-order valence-corrected chi connectivity index (χ3v) is 2.37. The quantitative estimate of drug-likeness (QED) is 0.667. The standard InChI is InChI=1S/C10H21N3O2/c1-6(7(2)11)9(14)12-8(3)10(15)13(4)5/h6-8H,11H2,1-5H3,(H,12,14). The zero-order valence-electron chi connectivity index (χ0n) is 10.1. The first kappa shape index (κ1) is 13.9. The highest BCUT2D eigenvalue weighted by Crippen LogP contribution is 2.00. The van der Waals surface area contributed by atoms with E-state index in [0.29, 0.717) is 0 Å². The van der Waals surface area contributed by atoms with Crippen molar-refractivity contribution in [3.8, 4) is 0 Å². The maximum absolute atomic E-state index is 11.6. The van der Waals surface area contributed by atoms with Crippen LogP contribution < -0.4 is 11.1 Å². The molecular formula is C10H21N3O2. The Morgan fingerprint density at radius 2 is 1.67 bits per heavy atom. The topological polar surface area (TPSA) is 75.4 Å². The predicted molar refractivity (Wildman–Crippen MR) is 59.1 cm³/mol. The molecule has 0 heterocycles. The van der Waals surface area contributed by atoms with Crippen LogP contribution in [0.25, 0.3) is 0 Å². The van der Waals surface area contributed by atoms with Crippen LogP contribution >= 0.6 is 0 Å². The van der Waals surface area contributed by atoms with E-state index in [9.17, 15) is 9.59 Å². The largest absolute Gasteiger partial charge is 0.347 e. The van der Waals surface area contributed by atoms with E-state index in [-0.39, 0.29) is 23.8 Å². The van der Waals surface area contributed by atoms with Crippen molar-refractivity contribution in [1.29, 1.82) is 0 Å². The van der Waals surface area contributed by atoms with E-state index in [1.165, 1.54) is 4.90 Å². The summed E-state index contributed by atoms with van der Waals surface area (Å²) in [7, 11) is 3.31. The normalized spacial score (nSPS) is 16.4. The van der Waals surface area contributed by atoms with Gasteiger partial charge in [-0.05, 0) is 13.8 Å². The van der Waals surface area contributed by atoms with Crippen molar-refractivity contribution in [3.05, 3.63) is 0 Å². The number of carbonyl (C=O) groups excluding carboxylic acids is 2. The van der Waals surface area contributed by atoms with Gasteiger partial charge >= 0.3 is 0 Å². The highest BCUT2D eigenvalue weighted by Gasteiger charge is 2.22. The average Bonchev–Trinajstić information content (AvgIpc) is 2.14. The van der Waals surface area contributed by atoms with Gasteiger partial charge in [0.1, 0.15) is 6.04 Å². The van der Waals surface area contributed by atoms with Gasteiger partial charge in [0.25, 0.3) is 0 Å². The van der Waals surface area contributed by atoms with E-state index in [2.05, 4.69) is 5.32 Å². The Kier molecular flexibility index (Phi) is 5.28. The number of hydrogen-bond donors (Lipinski definition) is 2. The molecule has 0 aromatic carbocycles. The summed E-state index contributed by atoms with van der Waals surface area (Å²) in [5, 5.41) is 2.63. The van der Waals surface area contributed by atoms with Gasteiger partial charge in [-0.15, -0.1) is 0 Å². The van der Waals surface area contributed by atoms with Gasteiger partial charge in [-0.25, -0.2) is 0 Å². The summed E-state index contributed by atoms with van der Waals surface area (Å²) >= 11 is 0. The van der Waals surface area contributed by atoms with Crippen LogP contribution in [0, 0.1) is 5.92 Å². The van der Waals surface area contributed by atoms with E-state index < -0.39 is 6.04 Å². The molecule has 88 valence electrons. The second-order valence-corrected chi connectivity index (χ2v) is 4.11. The fourth-order valence-corrected chi connectivity index (χ4v) is 1.03. The second-order valence-electron chi connectivity index (χ2n) is 4.11. The summed E-state index contributed by atoms with van der Waals surface area (Å²) in [4.78, 5) is 24.5. The SMILES string of the molecule is CC(NC(=O)C(C)C(C)N)C(=O)N(C)C. The molecule has 0 aliphatic rings. The lowest BCUT2D eigenvalue weighted by Crippen LogP contribution is -2.48. The molecular weight excluding hydrogens is 194 g/mol. The zero-order chi connectivity index (χ0) is 12.2. The Labute approximate surface area is 91.0 Å². The average molecular weight is 215 g/mol. The predicted octanol–water partition coefficient (Wildman–Crippen LogP) is -0.437. The third kappa shape index (κ3) is 4.29. The maximum Gasteiger partial charge on any atom is 0.244 e. The fourth-order valence-electron chi connectivity index (χ4n) is 1.03. The summed E-state index contributed by atoms with van der Waals surface area (Å²) in [5.41, 5.74) is 5.59. The molecule has 0 spiro atoms. The Balaban J connectivity index is 4.24. The molecule has 2 amide bonds. The minimum absolute atomic E-state index is 0.125. The fraction of sp³-hybridized carbons (Fsp3) is 0.800. The third-order valence-electron chi connectivity index (χ3n) is 2.37. The molecule has 0 aromatic rings. The van der Waals surface area contributed by atoms with Crippen LogP contribution in [-0.4, -0.2) is 42.9 Å². The highest BCUT2D eigenvalue weighted by atomic mass is 16.2. The summed E-state index contributed by atoms with van der Waals surface area (Å²) in [6.45, 7) is 5.17. The second kappa shape index (κ2) is 5.70. The summed E-state index contributed by atoms with van der Waals surface area (Å²) < 4.78 is 0. The van der Waals surface area contributed by atoms with Crippen molar-refractivity contribution in [2.75, 3.05) is 14.1 Å². The molecule has 3 atom stereocenters. The van der Waals surface area contributed by atoms with Gasteiger partial charge in [0.05, 0.1) is 0 Å². The Bertz CT molecular complexity index is 239. The van der Waals surface area contributed by atoms with Crippen molar-refractivity contribution in [2.45, 2.75) is 32.9 Å². The highest BCUT2D eigenvalue weighted by molar-refractivity contribution is 5.88. The molecule has 3 N–H and O–H groups in total. The molecule has 0 fully saturated rings. The van der Waals surface area contributed by atoms with Crippen LogP contribution in [-0.2, 0) is 9.59 Å². The van der Waals surface area contributed by atoms with Gasteiger partial charge in [-0.3, -0.25) is 9.59 Å². The number of nitrogens with one attached hydrogen (secondary N) is 1. The van der Waals surface area contributed by atoms with E-state index in [0.717, 1.165) is 0 Å². The van der Waals surface area contributed by atoms with Gasteiger partial charge in [-0.2, -0.15) is 0 Å². The van der Waals surface area contributed by atoms with E-state index >= 15 is 0 Å².